The van der Waals surface area contributed by atoms with Crippen LogP contribution in [0.25, 0.3) is 0 Å². The molecule has 0 bridgehead atoms. The SMILES string of the molecule is COc1cccc2c1CCC2Nc1nc(C2CCOCC2)no1. The summed E-state index contributed by atoms with van der Waals surface area (Å²) in [5.74, 6) is 2.10. The highest BCUT2D eigenvalue weighted by Gasteiger charge is 2.27. The van der Waals surface area contributed by atoms with Gasteiger partial charge in [0.15, 0.2) is 5.82 Å². The van der Waals surface area contributed by atoms with Crippen LogP contribution < -0.4 is 10.1 Å². The summed E-state index contributed by atoms with van der Waals surface area (Å²) in [6.07, 6.45) is 3.92. The zero-order valence-electron chi connectivity index (χ0n) is 13.2. The topological polar surface area (TPSA) is 69.4 Å². The number of nitrogens with zero attached hydrogens (tertiary/aromatic N) is 2. The lowest BCUT2D eigenvalue weighted by molar-refractivity contribution is 0.0830. The van der Waals surface area contributed by atoms with Crippen LogP contribution in [0.4, 0.5) is 6.01 Å². The fourth-order valence-corrected chi connectivity index (χ4v) is 3.53. The quantitative estimate of drug-likeness (QED) is 0.935. The molecule has 1 aromatic heterocycles. The van der Waals surface area contributed by atoms with E-state index in [1.807, 2.05) is 12.1 Å². The number of anilines is 1. The fourth-order valence-electron chi connectivity index (χ4n) is 3.53. The molecule has 122 valence electrons. The first-order valence-corrected chi connectivity index (χ1v) is 8.19. The van der Waals surface area contributed by atoms with E-state index in [1.54, 1.807) is 7.11 Å². The molecule has 0 spiro atoms. The Balaban J connectivity index is 1.49. The summed E-state index contributed by atoms with van der Waals surface area (Å²) in [4.78, 5) is 4.54. The summed E-state index contributed by atoms with van der Waals surface area (Å²) in [5, 5.41) is 7.52. The molecule has 0 radical (unpaired) electrons. The van der Waals surface area contributed by atoms with Gasteiger partial charge in [0.25, 0.3) is 0 Å². The highest BCUT2D eigenvalue weighted by molar-refractivity contribution is 5.47. The van der Waals surface area contributed by atoms with Crippen molar-refractivity contribution in [3.63, 3.8) is 0 Å². The minimum absolute atomic E-state index is 0.197. The average molecular weight is 315 g/mol. The summed E-state index contributed by atoms with van der Waals surface area (Å²) >= 11 is 0. The Morgan fingerprint density at radius 3 is 2.91 bits per heavy atom. The smallest absolute Gasteiger partial charge is 0.321 e. The van der Waals surface area contributed by atoms with Crippen LogP contribution in [0.3, 0.4) is 0 Å². The normalized spacial score (nSPS) is 21.2. The number of nitrogens with one attached hydrogen (secondary N) is 1. The Morgan fingerprint density at radius 1 is 1.22 bits per heavy atom. The number of methoxy groups -OCH3 is 1. The second kappa shape index (κ2) is 6.20. The second-order valence-electron chi connectivity index (χ2n) is 6.11. The lowest BCUT2D eigenvalue weighted by Crippen LogP contribution is -2.15. The second-order valence-corrected chi connectivity index (χ2v) is 6.11. The maximum atomic E-state index is 5.45. The molecule has 6 heteroatoms. The van der Waals surface area contributed by atoms with Gasteiger partial charge in [-0.05, 0) is 42.9 Å². The minimum Gasteiger partial charge on any atom is -0.496 e. The van der Waals surface area contributed by atoms with Crippen molar-refractivity contribution in [1.82, 2.24) is 10.1 Å². The molecule has 2 aliphatic rings. The van der Waals surface area contributed by atoms with Crippen molar-refractivity contribution in [2.24, 2.45) is 0 Å². The molecule has 1 saturated heterocycles. The van der Waals surface area contributed by atoms with Gasteiger partial charge in [-0.3, -0.25) is 0 Å². The van der Waals surface area contributed by atoms with Crippen molar-refractivity contribution in [1.29, 1.82) is 0 Å². The number of aromatic nitrogens is 2. The van der Waals surface area contributed by atoms with Crippen molar-refractivity contribution in [3.05, 3.63) is 35.2 Å². The Labute approximate surface area is 135 Å². The van der Waals surface area contributed by atoms with E-state index in [0.29, 0.717) is 11.9 Å². The predicted molar refractivity (Wildman–Crippen MR) is 84.8 cm³/mol. The summed E-state index contributed by atoms with van der Waals surface area (Å²) in [7, 11) is 1.72. The summed E-state index contributed by atoms with van der Waals surface area (Å²) < 4.78 is 16.2. The van der Waals surface area contributed by atoms with E-state index in [0.717, 1.165) is 50.5 Å². The summed E-state index contributed by atoms with van der Waals surface area (Å²) in [5.41, 5.74) is 2.53. The molecule has 1 aliphatic carbocycles. The molecular weight excluding hydrogens is 294 g/mol. The average Bonchev–Trinajstić information content (AvgIpc) is 3.23. The maximum Gasteiger partial charge on any atom is 0.321 e. The summed E-state index contributed by atoms with van der Waals surface area (Å²) in [6.45, 7) is 1.55. The van der Waals surface area contributed by atoms with E-state index in [9.17, 15) is 0 Å². The van der Waals surface area contributed by atoms with Gasteiger partial charge in [-0.2, -0.15) is 4.98 Å². The third-order valence-corrected chi connectivity index (χ3v) is 4.77. The van der Waals surface area contributed by atoms with Gasteiger partial charge in [0.1, 0.15) is 5.75 Å². The van der Waals surface area contributed by atoms with Crippen molar-refractivity contribution in [2.45, 2.75) is 37.6 Å². The van der Waals surface area contributed by atoms with E-state index < -0.39 is 0 Å². The fraction of sp³-hybridized carbons (Fsp3) is 0.529. The molecule has 1 atom stereocenters. The molecule has 6 nitrogen and oxygen atoms in total. The Hall–Kier alpha value is -2.08. The number of benzene rings is 1. The van der Waals surface area contributed by atoms with Crippen LogP contribution in [-0.4, -0.2) is 30.5 Å². The van der Waals surface area contributed by atoms with Crippen LogP contribution in [0.2, 0.25) is 0 Å². The number of hydrogen-bond acceptors (Lipinski definition) is 6. The Morgan fingerprint density at radius 2 is 2.09 bits per heavy atom. The Kier molecular flexibility index (Phi) is 3.91. The number of ether oxygens (including phenoxy) is 2. The molecule has 1 fully saturated rings. The molecule has 1 aliphatic heterocycles. The van der Waals surface area contributed by atoms with Crippen LogP contribution in [0, 0.1) is 0 Å². The van der Waals surface area contributed by atoms with E-state index in [-0.39, 0.29) is 6.04 Å². The molecule has 4 rings (SSSR count). The first-order valence-electron chi connectivity index (χ1n) is 8.19. The molecule has 23 heavy (non-hydrogen) atoms. The molecule has 1 unspecified atom stereocenters. The van der Waals surface area contributed by atoms with Gasteiger partial charge in [0.2, 0.25) is 0 Å². The van der Waals surface area contributed by atoms with Gasteiger partial charge >= 0.3 is 6.01 Å². The van der Waals surface area contributed by atoms with Gasteiger partial charge in [-0.25, -0.2) is 0 Å². The van der Waals surface area contributed by atoms with Gasteiger partial charge < -0.3 is 19.3 Å². The maximum absolute atomic E-state index is 5.45. The third-order valence-electron chi connectivity index (χ3n) is 4.77. The number of fused-ring (bicyclic) bond motifs is 1. The molecule has 2 heterocycles. The Bertz CT molecular complexity index is 679. The first-order chi connectivity index (χ1) is 11.3. The molecule has 1 aromatic carbocycles. The van der Waals surface area contributed by atoms with E-state index in [4.69, 9.17) is 14.0 Å². The number of hydrogen-bond donors (Lipinski definition) is 1. The predicted octanol–water partition coefficient (Wildman–Crippen LogP) is 3.07. The van der Waals surface area contributed by atoms with Gasteiger partial charge in [-0.1, -0.05) is 17.3 Å². The van der Waals surface area contributed by atoms with Gasteiger partial charge in [0.05, 0.1) is 13.2 Å². The molecule has 1 N–H and O–H groups in total. The zero-order chi connectivity index (χ0) is 15.6. The van der Waals surface area contributed by atoms with Crippen molar-refractivity contribution < 1.29 is 14.0 Å². The van der Waals surface area contributed by atoms with Crippen LogP contribution in [0.15, 0.2) is 22.7 Å². The lowest BCUT2D eigenvalue weighted by atomic mass is 10.00. The molecule has 0 amide bonds. The van der Waals surface area contributed by atoms with Crippen LogP contribution in [-0.2, 0) is 11.2 Å². The standard InChI is InChI=1S/C17H21N3O3/c1-21-15-4-2-3-12-13(15)5-6-14(12)18-17-19-16(20-23-17)11-7-9-22-10-8-11/h2-4,11,14H,5-10H2,1H3,(H,18,19,20). The lowest BCUT2D eigenvalue weighted by Gasteiger charge is -2.18. The van der Waals surface area contributed by atoms with Crippen LogP contribution >= 0.6 is 0 Å². The van der Waals surface area contributed by atoms with E-state index in [2.05, 4.69) is 21.5 Å². The van der Waals surface area contributed by atoms with Crippen LogP contribution in [0.1, 0.15) is 48.2 Å². The monoisotopic (exact) mass is 315 g/mol. The number of rotatable bonds is 4. The molecule has 0 saturated carbocycles. The largest absolute Gasteiger partial charge is 0.496 e. The van der Waals surface area contributed by atoms with E-state index >= 15 is 0 Å². The van der Waals surface area contributed by atoms with E-state index in [1.165, 1.54) is 11.1 Å². The van der Waals surface area contributed by atoms with Crippen molar-refractivity contribution >= 4 is 6.01 Å². The van der Waals surface area contributed by atoms with Gasteiger partial charge in [-0.15, -0.1) is 0 Å². The molecule has 2 aromatic rings. The first kappa shape index (κ1) is 14.5. The zero-order valence-corrected chi connectivity index (χ0v) is 13.2. The highest BCUT2D eigenvalue weighted by atomic mass is 16.5. The van der Waals surface area contributed by atoms with Crippen LogP contribution in [0.5, 0.6) is 5.75 Å². The van der Waals surface area contributed by atoms with Crippen molar-refractivity contribution in [2.75, 3.05) is 25.6 Å². The highest BCUT2D eigenvalue weighted by Crippen LogP contribution is 2.38. The van der Waals surface area contributed by atoms with Crippen molar-refractivity contribution in [3.8, 4) is 5.75 Å². The third kappa shape index (κ3) is 2.79. The summed E-state index contributed by atoms with van der Waals surface area (Å²) in [6, 6.07) is 6.88. The minimum atomic E-state index is 0.197. The molecular formula is C17H21N3O3. The van der Waals surface area contributed by atoms with Gasteiger partial charge in [0, 0.05) is 19.1 Å².